The van der Waals surface area contributed by atoms with Gasteiger partial charge in [0.1, 0.15) is 0 Å². The van der Waals surface area contributed by atoms with Gasteiger partial charge in [0, 0.05) is 24.8 Å². The summed E-state index contributed by atoms with van der Waals surface area (Å²) >= 11 is 0. The lowest BCUT2D eigenvalue weighted by molar-refractivity contribution is 0.462. The number of fused-ring (bicyclic) bond motifs is 1. The van der Waals surface area contributed by atoms with E-state index in [0.29, 0.717) is 6.04 Å². The van der Waals surface area contributed by atoms with Crippen molar-refractivity contribution in [3.05, 3.63) is 29.3 Å². The molecule has 1 aliphatic carbocycles. The standard InChI is InChI=1S/C17H26N2/c1-3-18-16(14-7-8-14)12-19-10-4-5-15-11-13(2)6-9-17(15)19/h6,9,11,14,16,18H,3-5,7-8,10,12H2,1-2H3. The van der Waals surface area contributed by atoms with Crippen molar-refractivity contribution in [2.75, 3.05) is 24.5 Å². The summed E-state index contributed by atoms with van der Waals surface area (Å²) in [5.74, 6) is 0.927. The third-order valence-electron chi connectivity index (χ3n) is 4.52. The minimum Gasteiger partial charge on any atom is -0.370 e. The molecule has 1 fully saturated rings. The Labute approximate surface area is 117 Å². The highest BCUT2D eigenvalue weighted by Gasteiger charge is 2.32. The van der Waals surface area contributed by atoms with Crippen LogP contribution in [0.25, 0.3) is 0 Å². The van der Waals surface area contributed by atoms with E-state index >= 15 is 0 Å². The van der Waals surface area contributed by atoms with Gasteiger partial charge in [-0.2, -0.15) is 0 Å². The minimum atomic E-state index is 0.692. The first-order chi connectivity index (χ1) is 9.28. The predicted molar refractivity (Wildman–Crippen MR) is 81.9 cm³/mol. The number of aryl methyl sites for hydroxylation is 2. The number of rotatable bonds is 5. The molecule has 1 saturated carbocycles. The number of hydrogen-bond acceptors (Lipinski definition) is 2. The molecule has 2 nitrogen and oxygen atoms in total. The van der Waals surface area contributed by atoms with Gasteiger partial charge in [-0.3, -0.25) is 0 Å². The predicted octanol–water partition coefficient (Wildman–Crippen LogP) is 3.14. The van der Waals surface area contributed by atoms with E-state index in [9.17, 15) is 0 Å². The first-order valence-electron chi connectivity index (χ1n) is 7.86. The third kappa shape index (κ3) is 2.94. The Bertz CT molecular complexity index is 437. The van der Waals surface area contributed by atoms with Crippen molar-refractivity contribution in [3.63, 3.8) is 0 Å². The van der Waals surface area contributed by atoms with Crippen LogP contribution in [0.4, 0.5) is 5.69 Å². The van der Waals surface area contributed by atoms with Gasteiger partial charge in [0.05, 0.1) is 0 Å². The molecule has 0 bridgehead atoms. The number of benzene rings is 1. The Morgan fingerprint density at radius 2 is 2.21 bits per heavy atom. The van der Waals surface area contributed by atoms with E-state index < -0.39 is 0 Å². The van der Waals surface area contributed by atoms with Crippen LogP contribution in [0, 0.1) is 12.8 Å². The fourth-order valence-electron chi connectivity index (χ4n) is 3.37. The van der Waals surface area contributed by atoms with Gasteiger partial charge < -0.3 is 10.2 Å². The molecule has 1 aliphatic heterocycles. The third-order valence-corrected chi connectivity index (χ3v) is 4.52. The summed E-state index contributed by atoms with van der Waals surface area (Å²) in [7, 11) is 0. The first kappa shape index (κ1) is 13.0. The van der Waals surface area contributed by atoms with Gasteiger partial charge in [-0.1, -0.05) is 24.6 Å². The summed E-state index contributed by atoms with van der Waals surface area (Å²) in [6.07, 6.45) is 5.40. The Hall–Kier alpha value is -1.02. The molecule has 2 aliphatic rings. The van der Waals surface area contributed by atoms with Crippen LogP contribution in [0.5, 0.6) is 0 Å². The van der Waals surface area contributed by atoms with Crippen molar-refractivity contribution in [1.82, 2.24) is 5.32 Å². The van der Waals surface area contributed by atoms with Crippen LogP contribution in [0.1, 0.15) is 37.3 Å². The second kappa shape index (κ2) is 5.54. The highest BCUT2D eigenvalue weighted by atomic mass is 15.2. The topological polar surface area (TPSA) is 15.3 Å². The van der Waals surface area contributed by atoms with Crippen LogP contribution in [0.3, 0.4) is 0 Å². The Morgan fingerprint density at radius 1 is 1.37 bits per heavy atom. The Balaban J connectivity index is 1.75. The van der Waals surface area contributed by atoms with Gasteiger partial charge in [-0.15, -0.1) is 0 Å². The molecule has 1 N–H and O–H groups in total. The maximum atomic E-state index is 3.69. The highest BCUT2D eigenvalue weighted by molar-refractivity contribution is 5.56. The lowest BCUT2D eigenvalue weighted by atomic mass is 9.98. The quantitative estimate of drug-likeness (QED) is 0.873. The fraction of sp³-hybridized carbons (Fsp3) is 0.647. The molecule has 2 heteroatoms. The summed E-state index contributed by atoms with van der Waals surface area (Å²) in [5, 5.41) is 3.69. The van der Waals surface area contributed by atoms with E-state index in [1.807, 2.05) is 0 Å². The van der Waals surface area contributed by atoms with E-state index in [1.165, 1.54) is 50.0 Å². The molecular formula is C17H26N2. The van der Waals surface area contributed by atoms with Crippen molar-refractivity contribution >= 4 is 5.69 Å². The van der Waals surface area contributed by atoms with Crippen LogP contribution in [0.2, 0.25) is 0 Å². The molecule has 1 aromatic rings. The van der Waals surface area contributed by atoms with Crippen LogP contribution < -0.4 is 10.2 Å². The van der Waals surface area contributed by atoms with E-state index in [2.05, 4.69) is 42.3 Å². The largest absolute Gasteiger partial charge is 0.370 e. The van der Waals surface area contributed by atoms with Crippen LogP contribution in [-0.4, -0.2) is 25.7 Å². The van der Waals surface area contributed by atoms with E-state index in [4.69, 9.17) is 0 Å². The van der Waals surface area contributed by atoms with Gasteiger partial charge in [0.15, 0.2) is 0 Å². The molecule has 0 saturated heterocycles. The monoisotopic (exact) mass is 258 g/mol. The second-order valence-electron chi connectivity index (χ2n) is 6.18. The SMILES string of the molecule is CCNC(CN1CCCc2cc(C)ccc21)C1CC1. The molecule has 1 heterocycles. The van der Waals surface area contributed by atoms with Gasteiger partial charge >= 0.3 is 0 Å². The lowest BCUT2D eigenvalue weighted by Gasteiger charge is -2.35. The number of hydrogen-bond donors (Lipinski definition) is 1. The zero-order chi connectivity index (χ0) is 13.2. The highest BCUT2D eigenvalue weighted by Crippen LogP contribution is 2.35. The van der Waals surface area contributed by atoms with Gasteiger partial charge in [-0.05, 0) is 56.7 Å². The Morgan fingerprint density at radius 3 is 2.95 bits per heavy atom. The normalized spacial score (nSPS) is 20.2. The van der Waals surface area contributed by atoms with Crippen molar-refractivity contribution in [2.45, 2.75) is 45.6 Å². The number of anilines is 1. The van der Waals surface area contributed by atoms with E-state index in [0.717, 1.165) is 12.5 Å². The van der Waals surface area contributed by atoms with Crippen molar-refractivity contribution in [2.24, 2.45) is 5.92 Å². The molecule has 0 aromatic heterocycles. The number of nitrogens with one attached hydrogen (secondary N) is 1. The average molecular weight is 258 g/mol. The fourth-order valence-corrected chi connectivity index (χ4v) is 3.37. The molecule has 104 valence electrons. The van der Waals surface area contributed by atoms with E-state index in [1.54, 1.807) is 5.56 Å². The van der Waals surface area contributed by atoms with Crippen LogP contribution in [0.15, 0.2) is 18.2 Å². The second-order valence-corrected chi connectivity index (χ2v) is 6.18. The van der Waals surface area contributed by atoms with Crippen LogP contribution in [-0.2, 0) is 6.42 Å². The van der Waals surface area contributed by atoms with Crippen LogP contribution >= 0.6 is 0 Å². The molecule has 1 aromatic carbocycles. The molecular weight excluding hydrogens is 232 g/mol. The molecule has 1 atom stereocenters. The van der Waals surface area contributed by atoms with E-state index in [-0.39, 0.29) is 0 Å². The molecule has 19 heavy (non-hydrogen) atoms. The number of nitrogens with zero attached hydrogens (tertiary/aromatic N) is 1. The molecule has 0 radical (unpaired) electrons. The average Bonchev–Trinajstić information content (AvgIpc) is 3.22. The van der Waals surface area contributed by atoms with Crippen molar-refractivity contribution in [3.8, 4) is 0 Å². The minimum absolute atomic E-state index is 0.692. The van der Waals surface area contributed by atoms with Gasteiger partial charge in [0.25, 0.3) is 0 Å². The Kier molecular flexibility index (Phi) is 3.79. The first-order valence-corrected chi connectivity index (χ1v) is 7.86. The summed E-state index contributed by atoms with van der Waals surface area (Å²) in [5.41, 5.74) is 4.43. The molecule has 0 spiro atoms. The molecule has 0 amide bonds. The lowest BCUT2D eigenvalue weighted by Crippen LogP contribution is -2.44. The summed E-state index contributed by atoms with van der Waals surface area (Å²) in [6.45, 7) is 7.93. The zero-order valence-corrected chi connectivity index (χ0v) is 12.3. The summed E-state index contributed by atoms with van der Waals surface area (Å²) in [6, 6.07) is 7.66. The molecule has 3 rings (SSSR count). The number of likely N-dealkylation sites (N-methyl/N-ethyl adjacent to an activating group) is 1. The summed E-state index contributed by atoms with van der Waals surface area (Å²) in [4.78, 5) is 2.62. The van der Waals surface area contributed by atoms with Crippen molar-refractivity contribution in [1.29, 1.82) is 0 Å². The van der Waals surface area contributed by atoms with Gasteiger partial charge in [0.2, 0.25) is 0 Å². The zero-order valence-electron chi connectivity index (χ0n) is 12.3. The van der Waals surface area contributed by atoms with Crippen molar-refractivity contribution < 1.29 is 0 Å². The maximum absolute atomic E-state index is 3.69. The smallest absolute Gasteiger partial charge is 0.0399 e. The maximum Gasteiger partial charge on any atom is 0.0399 e. The molecule has 1 unspecified atom stereocenters. The van der Waals surface area contributed by atoms with Gasteiger partial charge in [-0.25, -0.2) is 0 Å². The summed E-state index contributed by atoms with van der Waals surface area (Å²) < 4.78 is 0.